The van der Waals surface area contributed by atoms with E-state index >= 15 is 0 Å². The molecule has 3 rings (SSSR count). The van der Waals surface area contributed by atoms with Gasteiger partial charge in [0.15, 0.2) is 5.67 Å². The standard InChI is InChI=1S/C19H26F2N4OS.C8H8F3N/c1-25(2)10-6-9-23-17-14(13-22)11-15(12-16(17)20)27-24-18(26)19(21)7-4-3-5-8-19;1-2-6-3-4-7(12-5-6)8(9,10)11/h11-12,23H,3-10H2,1-2H3,(H,24,26);3-5H,2H2,1H3. The summed E-state index contributed by atoms with van der Waals surface area (Å²) in [6.45, 7) is 3.25. The number of anilines is 1. The average Bonchev–Trinajstić information content (AvgIpc) is 2.90. The second kappa shape index (κ2) is 15.0. The van der Waals surface area contributed by atoms with Gasteiger partial charge in [-0.05, 0) is 94.9 Å². The molecule has 1 aromatic heterocycles. The summed E-state index contributed by atoms with van der Waals surface area (Å²) < 4.78 is 67.4. The molecule has 0 spiro atoms. The van der Waals surface area contributed by atoms with Crippen molar-refractivity contribution in [1.29, 1.82) is 5.26 Å². The number of aryl methyl sites for hydroxylation is 1. The Hall–Kier alpha value is -2.91. The Bertz CT molecular complexity index is 1110. The largest absolute Gasteiger partial charge is 0.433 e. The molecule has 0 bridgehead atoms. The van der Waals surface area contributed by atoms with Gasteiger partial charge in [-0.15, -0.1) is 0 Å². The summed E-state index contributed by atoms with van der Waals surface area (Å²) in [6, 6.07) is 7.15. The number of hydrogen-bond donors (Lipinski definition) is 2. The highest BCUT2D eigenvalue weighted by molar-refractivity contribution is 7.98. The molecular weight excluding hydrogens is 537 g/mol. The molecule has 1 saturated carbocycles. The van der Waals surface area contributed by atoms with Crippen LogP contribution in [0.5, 0.6) is 0 Å². The number of hydrogen-bond acceptors (Lipinski definition) is 6. The molecule has 1 aromatic carbocycles. The number of carbonyl (C=O) groups excluding carboxylic acids is 1. The highest BCUT2D eigenvalue weighted by Crippen LogP contribution is 2.33. The number of amides is 1. The van der Waals surface area contributed by atoms with Gasteiger partial charge in [0.05, 0.1) is 11.3 Å². The molecule has 1 heterocycles. The molecule has 0 aliphatic heterocycles. The van der Waals surface area contributed by atoms with Crippen molar-refractivity contribution in [2.75, 3.05) is 32.5 Å². The number of benzene rings is 1. The first kappa shape index (κ1) is 32.3. The number of aromatic nitrogens is 1. The number of pyridine rings is 1. The van der Waals surface area contributed by atoms with E-state index in [2.05, 4.69) is 15.0 Å². The van der Waals surface area contributed by atoms with Gasteiger partial charge >= 0.3 is 6.18 Å². The van der Waals surface area contributed by atoms with Gasteiger partial charge in [0, 0.05) is 17.6 Å². The molecule has 2 aromatic rings. The van der Waals surface area contributed by atoms with Gasteiger partial charge < -0.3 is 10.2 Å². The third-order valence-corrected chi connectivity index (χ3v) is 6.86. The van der Waals surface area contributed by atoms with Crippen molar-refractivity contribution < 1.29 is 26.7 Å². The predicted octanol–water partition coefficient (Wildman–Crippen LogP) is 6.52. The monoisotopic (exact) mass is 571 g/mol. The van der Waals surface area contributed by atoms with E-state index in [0.717, 1.165) is 43.0 Å². The summed E-state index contributed by atoms with van der Waals surface area (Å²) in [5.41, 5.74) is -1.57. The Morgan fingerprint density at radius 2 is 1.90 bits per heavy atom. The van der Waals surface area contributed by atoms with Gasteiger partial charge in [-0.1, -0.05) is 19.4 Å². The summed E-state index contributed by atoms with van der Waals surface area (Å²) in [6.07, 6.45) is 1.18. The van der Waals surface area contributed by atoms with E-state index in [1.165, 1.54) is 24.4 Å². The quantitative estimate of drug-likeness (QED) is 0.203. The van der Waals surface area contributed by atoms with E-state index in [1.807, 2.05) is 32.0 Å². The topological polar surface area (TPSA) is 81.1 Å². The molecule has 0 atom stereocenters. The summed E-state index contributed by atoms with van der Waals surface area (Å²) in [7, 11) is 3.91. The molecule has 1 amide bonds. The Morgan fingerprint density at radius 3 is 2.44 bits per heavy atom. The zero-order valence-corrected chi connectivity index (χ0v) is 23.1. The molecule has 6 nitrogen and oxygen atoms in total. The Labute approximate surface area is 230 Å². The Morgan fingerprint density at radius 1 is 1.21 bits per heavy atom. The molecular formula is C27H34F5N5OS. The lowest BCUT2D eigenvalue weighted by atomic mass is 9.86. The first-order valence-corrected chi connectivity index (χ1v) is 13.5. The number of carbonyl (C=O) groups is 1. The number of halogens is 5. The van der Waals surface area contributed by atoms with Crippen LogP contribution in [-0.2, 0) is 17.4 Å². The fraction of sp³-hybridized carbons (Fsp3) is 0.519. The Kier molecular flexibility index (Phi) is 12.4. The Balaban J connectivity index is 0.000000370. The molecule has 1 aliphatic carbocycles. The second-order valence-corrected chi connectivity index (χ2v) is 10.4. The van der Waals surface area contributed by atoms with Crippen molar-refractivity contribution in [3.05, 3.63) is 53.1 Å². The minimum atomic E-state index is -4.33. The highest BCUT2D eigenvalue weighted by Gasteiger charge is 2.39. The summed E-state index contributed by atoms with van der Waals surface area (Å²) >= 11 is 0.840. The summed E-state index contributed by atoms with van der Waals surface area (Å²) in [5.74, 6) is -1.25. The zero-order valence-electron chi connectivity index (χ0n) is 22.3. The van der Waals surface area contributed by atoms with Crippen molar-refractivity contribution in [2.24, 2.45) is 0 Å². The van der Waals surface area contributed by atoms with Crippen molar-refractivity contribution in [2.45, 2.75) is 68.6 Å². The van der Waals surface area contributed by atoms with Gasteiger partial charge in [0.2, 0.25) is 0 Å². The van der Waals surface area contributed by atoms with Crippen LogP contribution in [0.25, 0.3) is 0 Å². The van der Waals surface area contributed by atoms with Crippen molar-refractivity contribution in [3.8, 4) is 6.07 Å². The van der Waals surface area contributed by atoms with E-state index in [0.29, 0.717) is 30.7 Å². The minimum absolute atomic E-state index is 0.154. The summed E-state index contributed by atoms with van der Waals surface area (Å²) in [4.78, 5) is 17.8. The minimum Gasteiger partial charge on any atom is -0.382 e. The maximum atomic E-state index is 14.6. The number of nitriles is 1. The van der Waals surface area contributed by atoms with Crippen LogP contribution < -0.4 is 10.0 Å². The van der Waals surface area contributed by atoms with Gasteiger partial charge in [0.1, 0.15) is 17.6 Å². The summed E-state index contributed by atoms with van der Waals surface area (Å²) in [5, 5.41) is 12.3. The SMILES string of the molecule is CCc1ccc(C(F)(F)F)nc1.CN(C)CCCNc1c(F)cc(SNC(=O)C2(F)CCCCC2)cc1C#N. The molecule has 2 N–H and O–H groups in total. The fourth-order valence-electron chi connectivity index (χ4n) is 3.85. The highest BCUT2D eigenvalue weighted by atomic mass is 32.2. The zero-order chi connectivity index (χ0) is 29.1. The number of nitrogens with one attached hydrogen (secondary N) is 2. The maximum Gasteiger partial charge on any atom is 0.433 e. The lowest BCUT2D eigenvalue weighted by Gasteiger charge is -2.27. The second-order valence-electron chi connectivity index (χ2n) is 9.49. The number of alkyl halides is 4. The predicted molar refractivity (Wildman–Crippen MR) is 142 cm³/mol. The molecule has 1 aliphatic rings. The van der Waals surface area contributed by atoms with Crippen molar-refractivity contribution >= 4 is 23.5 Å². The normalized spacial score (nSPS) is 14.7. The van der Waals surface area contributed by atoms with E-state index in [4.69, 9.17) is 0 Å². The van der Waals surface area contributed by atoms with Crippen molar-refractivity contribution in [3.63, 3.8) is 0 Å². The van der Waals surface area contributed by atoms with Crippen LogP contribution in [-0.4, -0.2) is 48.6 Å². The van der Waals surface area contributed by atoms with Crippen LogP contribution in [0.15, 0.2) is 35.4 Å². The van der Waals surface area contributed by atoms with Crippen molar-refractivity contribution in [1.82, 2.24) is 14.6 Å². The molecule has 1 fully saturated rings. The van der Waals surface area contributed by atoms with Gasteiger partial charge in [-0.3, -0.25) is 14.5 Å². The average molecular weight is 572 g/mol. The molecule has 12 heteroatoms. The molecule has 0 saturated heterocycles. The van der Waals surface area contributed by atoms with Gasteiger partial charge in [0.25, 0.3) is 5.91 Å². The third kappa shape index (κ3) is 10.3. The number of nitrogens with zero attached hydrogens (tertiary/aromatic N) is 3. The van der Waals surface area contributed by atoms with Gasteiger partial charge in [-0.2, -0.15) is 18.4 Å². The molecule has 214 valence electrons. The van der Waals surface area contributed by atoms with Crippen LogP contribution in [0.1, 0.15) is 62.3 Å². The first-order valence-electron chi connectivity index (χ1n) is 12.7. The fourth-order valence-corrected chi connectivity index (χ4v) is 4.59. The number of rotatable bonds is 9. The lowest BCUT2D eigenvalue weighted by Crippen LogP contribution is -2.42. The van der Waals surface area contributed by atoms with Crippen LogP contribution in [0.2, 0.25) is 0 Å². The first-order chi connectivity index (χ1) is 18.4. The lowest BCUT2D eigenvalue weighted by molar-refractivity contribution is -0.141. The smallest absolute Gasteiger partial charge is 0.382 e. The van der Waals surface area contributed by atoms with E-state index in [1.54, 1.807) is 0 Å². The van der Waals surface area contributed by atoms with Crippen LogP contribution in [0, 0.1) is 17.1 Å². The molecule has 0 unspecified atom stereocenters. The molecule has 0 radical (unpaired) electrons. The van der Waals surface area contributed by atoms with Crippen LogP contribution in [0.4, 0.5) is 27.6 Å². The van der Waals surface area contributed by atoms with Crippen LogP contribution >= 0.6 is 11.9 Å². The van der Waals surface area contributed by atoms with Crippen LogP contribution in [0.3, 0.4) is 0 Å². The van der Waals surface area contributed by atoms with E-state index < -0.39 is 29.3 Å². The van der Waals surface area contributed by atoms with Gasteiger partial charge in [-0.25, -0.2) is 8.78 Å². The maximum absolute atomic E-state index is 14.6. The van der Waals surface area contributed by atoms with E-state index in [9.17, 15) is 32.0 Å². The molecule has 39 heavy (non-hydrogen) atoms. The van der Waals surface area contributed by atoms with E-state index in [-0.39, 0.29) is 24.1 Å². The third-order valence-electron chi connectivity index (χ3n) is 6.11.